The Labute approximate surface area is 143 Å². The van der Waals surface area contributed by atoms with Gasteiger partial charge in [-0.2, -0.15) is 0 Å². The molecular weight excluding hydrogens is 298 g/mol. The molecule has 0 radical (unpaired) electrons. The highest BCUT2D eigenvalue weighted by molar-refractivity contribution is 5.93. The predicted octanol–water partition coefficient (Wildman–Crippen LogP) is 4.31. The number of benzene rings is 1. The van der Waals surface area contributed by atoms with Crippen molar-refractivity contribution in [3.05, 3.63) is 53.3 Å². The molecule has 1 aliphatic heterocycles. The summed E-state index contributed by atoms with van der Waals surface area (Å²) in [5, 5.41) is 3.38. The Bertz CT molecular complexity index is 721. The fraction of sp³-hybridized carbons (Fsp3) is 0.400. The van der Waals surface area contributed by atoms with Crippen LogP contribution in [-0.2, 0) is 0 Å². The molecule has 3 rings (SSSR count). The molecule has 1 N–H and O–H groups in total. The van der Waals surface area contributed by atoms with Crippen LogP contribution in [0.2, 0.25) is 0 Å². The van der Waals surface area contributed by atoms with Crippen molar-refractivity contribution in [1.29, 1.82) is 0 Å². The first-order chi connectivity index (χ1) is 11.5. The highest BCUT2D eigenvalue weighted by Gasteiger charge is 2.22. The minimum absolute atomic E-state index is 0.0330. The van der Waals surface area contributed by atoms with Gasteiger partial charge < -0.3 is 10.2 Å². The van der Waals surface area contributed by atoms with Crippen molar-refractivity contribution in [2.75, 3.05) is 18.4 Å². The van der Waals surface area contributed by atoms with Gasteiger partial charge in [0, 0.05) is 30.7 Å². The number of hydrogen-bond acceptors (Lipinski definition) is 3. The Hall–Kier alpha value is -2.36. The van der Waals surface area contributed by atoms with Gasteiger partial charge >= 0.3 is 0 Å². The average Bonchev–Trinajstić information content (AvgIpc) is 2.53. The standard InChI is InChI=1S/C20H25N3O/c1-14-5-4-8-23(13-14)20(24)19-12-17(6-7-21-19)22-18-10-15(2)9-16(3)11-18/h6-7,9-12,14H,4-5,8,13H2,1-3H3,(H,21,22). The maximum atomic E-state index is 12.7. The van der Waals surface area contributed by atoms with E-state index in [0.717, 1.165) is 30.9 Å². The zero-order valence-corrected chi connectivity index (χ0v) is 14.7. The molecule has 1 atom stereocenters. The molecule has 2 heterocycles. The van der Waals surface area contributed by atoms with Crippen molar-refractivity contribution < 1.29 is 4.79 Å². The molecule has 4 heteroatoms. The molecule has 1 unspecified atom stereocenters. The normalized spacial score (nSPS) is 17.6. The second-order valence-electron chi connectivity index (χ2n) is 6.93. The van der Waals surface area contributed by atoms with E-state index >= 15 is 0 Å². The summed E-state index contributed by atoms with van der Waals surface area (Å²) in [6.45, 7) is 8.02. The van der Waals surface area contributed by atoms with Crippen LogP contribution in [0.1, 0.15) is 41.4 Å². The highest BCUT2D eigenvalue weighted by Crippen LogP contribution is 2.21. The largest absolute Gasteiger partial charge is 0.355 e. The number of nitrogens with zero attached hydrogens (tertiary/aromatic N) is 2. The van der Waals surface area contributed by atoms with E-state index in [4.69, 9.17) is 0 Å². The first-order valence-electron chi connectivity index (χ1n) is 8.62. The molecule has 1 aliphatic rings. The number of carbonyl (C=O) groups excluding carboxylic acids is 1. The van der Waals surface area contributed by atoms with E-state index in [1.54, 1.807) is 6.20 Å². The lowest BCUT2D eigenvalue weighted by atomic mass is 10.00. The smallest absolute Gasteiger partial charge is 0.272 e. The molecule has 126 valence electrons. The summed E-state index contributed by atoms with van der Waals surface area (Å²) in [5.74, 6) is 0.602. The lowest BCUT2D eigenvalue weighted by Gasteiger charge is -2.30. The molecule has 1 fully saturated rings. The van der Waals surface area contributed by atoms with Gasteiger partial charge in [-0.25, -0.2) is 0 Å². The summed E-state index contributed by atoms with van der Waals surface area (Å²) in [6, 6.07) is 10.1. The highest BCUT2D eigenvalue weighted by atomic mass is 16.2. The number of aryl methyl sites for hydroxylation is 2. The van der Waals surface area contributed by atoms with Crippen LogP contribution in [0.15, 0.2) is 36.5 Å². The van der Waals surface area contributed by atoms with Crippen molar-refractivity contribution in [2.45, 2.75) is 33.6 Å². The van der Waals surface area contributed by atoms with E-state index in [0.29, 0.717) is 11.6 Å². The van der Waals surface area contributed by atoms with E-state index in [-0.39, 0.29) is 5.91 Å². The first kappa shape index (κ1) is 16.5. The number of piperidine rings is 1. The van der Waals surface area contributed by atoms with Crippen LogP contribution >= 0.6 is 0 Å². The van der Waals surface area contributed by atoms with Gasteiger partial charge in [-0.05, 0) is 68.0 Å². The van der Waals surface area contributed by atoms with Crippen molar-refractivity contribution in [3.8, 4) is 0 Å². The van der Waals surface area contributed by atoms with Gasteiger partial charge in [0.05, 0.1) is 0 Å². The van der Waals surface area contributed by atoms with Crippen LogP contribution < -0.4 is 5.32 Å². The Morgan fingerprint density at radius 3 is 2.62 bits per heavy atom. The van der Waals surface area contributed by atoms with Gasteiger partial charge in [-0.15, -0.1) is 0 Å². The van der Waals surface area contributed by atoms with E-state index in [1.807, 2.05) is 17.0 Å². The number of rotatable bonds is 3. The molecule has 1 aromatic carbocycles. The summed E-state index contributed by atoms with van der Waals surface area (Å²) >= 11 is 0. The Morgan fingerprint density at radius 2 is 1.92 bits per heavy atom. The maximum absolute atomic E-state index is 12.7. The lowest BCUT2D eigenvalue weighted by molar-refractivity contribution is 0.0677. The van der Waals surface area contributed by atoms with Crippen molar-refractivity contribution in [3.63, 3.8) is 0 Å². The van der Waals surface area contributed by atoms with Crippen LogP contribution in [0.4, 0.5) is 11.4 Å². The number of nitrogens with one attached hydrogen (secondary N) is 1. The van der Waals surface area contributed by atoms with Gasteiger partial charge in [-0.3, -0.25) is 9.78 Å². The number of aromatic nitrogens is 1. The van der Waals surface area contributed by atoms with Crippen molar-refractivity contribution in [1.82, 2.24) is 9.88 Å². The van der Waals surface area contributed by atoms with E-state index < -0.39 is 0 Å². The molecule has 1 aromatic heterocycles. The fourth-order valence-electron chi connectivity index (χ4n) is 3.37. The SMILES string of the molecule is Cc1cc(C)cc(Nc2ccnc(C(=O)N3CCCC(C)C3)c2)c1. The zero-order valence-electron chi connectivity index (χ0n) is 14.7. The molecule has 4 nitrogen and oxygen atoms in total. The van der Waals surface area contributed by atoms with Crippen molar-refractivity contribution in [2.24, 2.45) is 5.92 Å². The van der Waals surface area contributed by atoms with Crippen molar-refractivity contribution >= 4 is 17.3 Å². The molecule has 2 aromatic rings. The third-order valence-corrected chi connectivity index (χ3v) is 4.43. The molecule has 0 spiro atoms. The van der Waals surface area contributed by atoms with E-state index in [9.17, 15) is 4.79 Å². The molecule has 24 heavy (non-hydrogen) atoms. The number of hydrogen-bond donors (Lipinski definition) is 1. The fourth-order valence-corrected chi connectivity index (χ4v) is 3.37. The minimum atomic E-state index is 0.0330. The summed E-state index contributed by atoms with van der Waals surface area (Å²) in [4.78, 5) is 18.9. The Morgan fingerprint density at radius 1 is 1.17 bits per heavy atom. The molecule has 0 saturated carbocycles. The molecule has 0 bridgehead atoms. The summed E-state index contributed by atoms with van der Waals surface area (Å²) in [5.41, 5.74) is 4.86. The summed E-state index contributed by atoms with van der Waals surface area (Å²) in [7, 11) is 0. The molecule has 0 aliphatic carbocycles. The predicted molar refractivity (Wildman–Crippen MR) is 97.7 cm³/mol. The third kappa shape index (κ3) is 3.94. The quantitative estimate of drug-likeness (QED) is 0.915. The van der Waals surface area contributed by atoms with Gasteiger partial charge in [-0.1, -0.05) is 13.0 Å². The van der Waals surface area contributed by atoms with E-state index in [2.05, 4.69) is 49.3 Å². The first-order valence-corrected chi connectivity index (χ1v) is 8.62. The van der Waals surface area contributed by atoms with Gasteiger partial charge in [0.1, 0.15) is 5.69 Å². The van der Waals surface area contributed by atoms with Crippen LogP contribution in [0, 0.1) is 19.8 Å². The molecule has 1 amide bonds. The number of likely N-dealkylation sites (tertiary alicyclic amines) is 1. The van der Waals surface area contributed by atoms with Crippen LogP contribution in [0.5, 0.6) is 0 Å². The number of carbonyl (C=O) groups is 1. The van der Waals surface area contributed by atoms with Gasteiger partial charge in [0.2, 0.25) is 0 Å². The topological polar surface area (TPSA) is 45.2 Å². The van der Waals surface area contributed by atoms with Crippen LogP contribution in [0.25, 0.3) is 0 Å². The van der Waals surface area contributed by atoms with E-state index in [1.165, 1.54) is 17.5 Å². The number of anilines is 2. The maximum Gasteiger partial charge on any atom is 0.272 e. The summed E-state index contributed by atoms with van der Waals surface area (Å²) in [6.07, 6.45) is 3.98. The van der Waals surface area contributed by atoms with Gasteiger partial charge in [0.15, 0.2) is 0 Å². The van der Waals surface area contributed by atoms with Gasteiger partial charge in [0.25, 0.3) is 5.91 Å². The number of amides is 1. The van der Waals surface area contributed by atoms with Crippen LogP contribution in [-0.4, -0.2) is 28.9 Å². The zero-order chi connectivity index (χ0) is 17.1. The third-order valence-electron chi connectivity index (χ3n) is 4.43. The molecular formula is C20H25N3O. The monoisotopic (exact) mass is 323 g/mol. The molecule has 1 saturated heterocycles. The lowest BCUT2D eigenvalue weighted by Crippen LogP contribution is -2.39. The average molecular weight is 323 g/mol. The minimum Gasteiger partial charge on any atom is -0.355 e. The Balaban J connectivity index is 1.77. The number of pyridine rings is 1. The van der Waals surface area contributed by atoms with Crippen LogP contribution in [0.3, 0.4) is 0 Å². The summed E-state index contributed by atoms with van der Waals surface area (Å²) < 4.78 is 0. The Kier molecular flexibility index (Phi) is 4.84. The second-order valence-corrected chi connectivity index (χ2v) is 6.93. The second kappa shape index (κ2) is 7.04.